The van der Waals surface area contributed by atoms with Crippen LogP contribution in [0.5, 0.6) is 0 Å². The molecule has 0 unspecified atom stereocenters. The summed E-state index contributed by atoms with van der Waals surface area (Å²) in [6, 6.07) is 0. The maximum atomic E-state index is 11.9. The zero-order valence-electron chi connectivity index (χ0n) is 8.05. The monoisotopic (exact) mass is 251 g/mol. The number of hydrogen-bond donors (Lipinski definition) is 0. The lowest BCUT2D eigenvalue weighted by atomic mass is 10.5. The summed E-state index contributed by atoms with van der Waals surface area (Å²) in [6.07, 6.45) is 2.04. The maximum absolute atomic E-state index is 11.9. The van der Waals surface area contributed by atoms with Crippen LogP contribution < -0.4 is 0 Å². The van der Waals surface area contributed by atoms with Crippen LogP contribution in [0.4, 0.5) is 0 Å². The minimum absolute atomic E-state index is 0.0884. The highest BCUT2D eigenvalue weighted by molar-refractivity contribution is 7.89. The number of nitrogens with zero attached hydrogens (tertiary/aromatic N) is 3. The van der Waals surface area contributed by atoms with Crippen LogP contribution in [0.15, 0.2) is 11.4 Å². The van der Waals surface area contributed by atoms with Crippen molar-refractivity contribution < 1.29 is 13.3 Å². The first-order valence-electron chi connectivity index (χ1n) is 4.36. The van der Waals surface area contributed by atoms with Gasteiger partial charge < -0.3 is 4.57 Å². The number of sulfonamides is 1. The van der Waals surface area contributed by atoms with Gasteiger partial charge in [-0.2, -0.15) is 0 Å². The molecule has 6 nitrogen and oxygen atoms in total. The maximum Gasteiger partial charge on any atom is 0.285 e. The van der Waals surface area contributed by atoms with Gasteiger partial charge in [0.25, 0.3) is 10.0 Å². The number of hydroxylamine groups is 1. The molecule has 0 atom stereocenters. The predicted molar refractivity (Wildman–Crippen MR) is 52.7 cm³/mol. The summed E-state index contributed by atoms with van der Waals surface area (Å²) in [5, 5.41) is -0.0703. The van der Waals surface area contributed by atoms with Crippen molar-refractivity contribution in [1.29, 1.82) is 0 Å². The molecule has 0 radical (unpaired) electrons. The second-order valence-electron chi connectivity index (χ2n) is 3.17. The van der Waals surface area contributed by atoms with Gasteiger partial charge in [-0.3, -0.25) is 4.84 Å². The summed E-state index contributed by atoms with van der Waals surface area (Å²) in [6.45, 7) is 0.749. The van der Waals surface area contributed by atoms with E-state index in [1.807, 2.05) is 0 Å². The fourth-order valence-electron chi connectivity index (χ4n) is 1.28. The Balaban J connectivity index is 2.41. The van der Waals surface area contributed by atoms with E-state index in [0.29, 0.717) is 19.6 Å². The molecule has 0 aliphatic carbocycles. The lowest BCUT2D eigenvalue weighted by Gasteiger charge is -2.12. The molecule has 1 saturated heterocycles. The van der Waals surface area contributed by atoms with Crippen LogP contribution in [0.25, 0.3) is 0 Å². The number of aryl methyl sites for hydroxylation is 1. The second-order valence-corrected chi connectivity index (χ2v) is 5.27. The molecule has 2 heterocycles. The molecule has 0 bridgehead atoms. The fraction of sp³-hybridized carbons (Fsp3) is 0.571. The molecule has 1 aromatic heterocycles. The number of imidazole rings is 1. The Morgan fingerprint density at radius 1 is 1.60 bits per heavy atom. The molecule has 2 rings (SSSR count). The predicted octanol–water partition coefficient (Wildman–Crippen LogP) is 0.399. The molecule has 84 valence electrons. The number of halogens is 1. The van der Waals surface area contributed by atoms with Gasteiger partial charge in [0, 0.05) is 13.6 Å². The van der Waals surface area contributed by atoms with Gasteiger partial charge in [0.2, 0.25) is 5.03 Å². The normalized spacial score (nSPS) is 18.5. The Bertz CT molecular complexity index is 464. The largest absolute Gasteiger partial charge is 0.324 e. The molecule has 0 aromatic carbocycles. The van der Waals surface area contributed by atoms with Gasteiger partial charge in [0.1, 0.15) is 5.15 Å². The third kappa shape index (κ3) is 1.76. The van der Waals surface area contributed by atoms with Gasteiger partial charge in [0.15, 0.2) is 0 Å². The van der Waals surface area contributed by atoms with Crippen LogP contribution in [0.3, 0.4) is 0 Å². The minimum atomic E-state index is -3.70. The molecule has 0 spiro atoms. The highest BCUT2D eigenvalue weighted by Gasteiger charge is 2.33. The van der Waals surface area contributed by atoms with Crippen LogP contribution in [0.1, 0.15) is 6.42 Å². The first kappa shape index (κ1) is 10.9. The average molecular weight is 252 g/mol. The zero-order chi connectivity index (χ0) is 11.1. The summed E-state index contributed by atoms with van der Waals surface area (Å²) in [7, 11) is -2.08. The van der Waals surface area contributed by atoms with Crippen LogP contribution in [0, 0.1) is 0 Å². The van der Waals surface area contributed by atoms with Crippen molar-refractivity contribution in [3.05, 3.63) is 11.5 Å². The molecule has 1 aliphatic rings. The fourth-order valence-corrected chi connectivity index (χ4v) is 2.98. The van der Waals surface area contributed by atoms with E-state index in [9.17, 15) is 8.42 Å². The van der Waals surface area contributed by atoms with E-state index in [1.165, 1.54) is 10.9 Å². The third-order valence-electron chi connectivity index (χ3n) is 2.07. The Hall–Kier alpha value is -0.630. The molecular weight excluding hydrogens is 242 g/mol. The van der Waals surface area contributed by atoms with Gasteiger partial charge in [-0.25, -0.2) is 13.4 Å². The zero-order valence-corrected chi connectivity index (χ0v) is 9.62. The van der Waals surface area contributed by atoms with Gasteiger partial charge in [0.05, 0.1) is 12.9 Å². The summed E-state index contributed by atoms with van der Waals surface area (Å²) < 4.78 is 26.2. The third-order valence-corrected chi connectivity index (χ3v) is 4.24. The molecular formula is C7H10ClN3O3S. The topological polar surface area (TPSA) is 64.4 Å². The molecule has 1 aromatic rings. The van der Waals surface area contributed by atoms with Crippen molar-refractivity contribution in [3.8, 4) is 0 Å². The molecule has 8 heteroatoms. The van der Waals surface area contributed by atoms with Gasteiger partial charge >= 0.3 is 0 Å². The summed E-state index contributed by atoms with van der Waals surface area (Å²) in [4.78, 5) is 8.73. The van der Waals surface area contributed by atoms with Crippen LogP contribution in [-0.2, 0) is 21.9 Å². The van der Waals surface area contributed by atoms with E-state index in [0.717, 1.165) is 4.47 Å². The van der Waals surface area contributed by atoms with Crippen molar-refractivity contribution >= 4 is 21.6 Å². The Labute approximate surface area is 92.4 Å². The lowest BCUT2D eigenvalue weighted by molar-refractivity contribution is -0.0286. The molecule has 0 amide bonds. The minimum Gasteiger partial charge on any atom is -0.324 e. The smallest absolute Gasteiger partial charge is 0.285 e. The highest BCUT2D eigenvalue weighted by atomic mass is 35.5. The van der Waals surface area contributed by atoms with Gasteiger partial charge in [-0.15, -0.1) is 0 Å². The lowest BCUT2D eigenvalue weighted by Crippen LogP contribution is -2.27. The standard InChI is InChI=1S/C7H10ClN3O3S/c1-10-5-9-7(6(10)8)15(12,13)11-3-2-4-14-11/h5H,2-4H2,1H3. The number of hydrogen-bond acceptors (Lipinski definition) is 4. The summed E-state index contributed by atoms with van der Waals surface area (Å²) in [5.41, 5.74) is 0. The van der Waals surface area contributed by atoms with E-state index >= 15 is 0 Å². The van der Waals surface area contributed by atoms with E-state index < -0.39 is 10.0 Å². The molecule has 0 saturated carbocycles. The average Bonchev–Trinajstić information content (AvgIpc) is 2.78. The molecule has 0 N–H and O–H groups in total. The van der Waals surface area contributed by atoms with E-state index in [-0.39, 0.29) is 10.2 Å². The second kappa shape index (κ2) is 3.75. The van der Waals surface area contributed by atoms with Crippen molar-refractivity contribution in [2.45, 2.75) is 11.4 Å². The van der Waals surface area contributed by atoms with E-state index in [1.54, 1.807) is 7.05 Å². The quantitative estimate of drug-likeness (QED) is 0.763. The van der Waals surface area contributed by atoms with Crippen LogP contribution in [0.2, 0.25) is 5.15 Å². The van der Waals surface area contributed by atoms with Crippen molar-refractivity contribution in [2.24, 2.45) is 7.05 Å². The van der Waals surface area contributed by atoms with Crippen molar-refractivity contribution in [3.63, 3.8) is 0 Å². The first-order valence-corrected chi connectivity index (χ1v) is 6.18. The summed E-state index contributed by atoms with van der Waals surface area (Å²) >= 11 is 5.81. The highest BCUT2D eigenvalue weighted by Crippen LogP contribution is 2.24. The number of aromatic nitrogens is 2. The Morgan fingerprint density at radius 2 is 2.33 bits per heavy atom. The molecule has 15 heavy (non-hydrogen) atoms. The Kier molecular flexibility index (Phi) is 2.72. The van der Waals surface area contributed by atoms with Crippen molar-refractivity contribution in [1.82, 2.24) is 14.0 Å². The van der Waals surface area contributed by atoms with E-state index in [4.69, 9.17) is 16.4 Å². The van der Waals surface area contributed by atoms with Gasteiger partial charge in [-0.1, -0.05) is 16.1 Å². The first-order chi connectivity index (χ1) is 7.03. The van der Waals surface area contributed by atoms with Gasteiger partial charge in [-0.05, 0) is 6.42 Å². The van der Waals surface area contributed by atoms with Crippen LogP contribution in [-0.4, -0.2) is 35.6 Å². The SMILES string of the molecule is Cn1cnc(S(=O)(=O)N2CCCO2)c1Cl. The van der Waals surface area contributed by atoms with E-state index in [2.05, 4.69) is 4.98 Å². The molecule has 1 fully saturated rings. The Morgan fingerprint density at radius 3 is 2.80 bits per heavy atom. The van der Waals surface area contributed by atoms with Crippen LogP contribution >= 0.6 is 11.6 Å². The van der Waals surface area contributed by atoms with Crippen molar-refractivity contribution in [2.75, 3.05) is 13.2 Å². The summed E-state index contributed by atoms with van der Waals surface area (Å²) in [5.74, 6) is 0. The molecule has 1 aliphatic heterocycles. The number of rotatable bonds is 2.